The molecule has 3 rings (SSSR count). The van der Waals surface area contributed by atoms with Crippen LogP contribution in [0.4, 0.5) is 0 Å². The number of amidine groups is 1. The molecule has 0 amide bonds. The highest BCUT2D eigenvalue weighted by Gasteiger charge is 2.32. The Morgan fingerprint density at radius 2 is 2.00 bits per heavy atom. The fourth-order valence-corrected chi connectivity index (χ4v) is 5.09. The van der Waals surface area contributed by atoms with Gasteiger partial charge < -0.3 is 4.90 Å². The lowest BCUT2D eigenvalue weighted by Crippen LogP contribution is -2.31. The van der Waals surface area contributed by atoms with Crippen molar-refractivity contribution < 1.29 is 8.42 Å². The van der Waals surface area contributed by atoms with Gasteiger partial charge in [-0.25, -0.2) is 8.42 Å². The van der Waals surface area contributed by atoms with Gasteiger partial charge in [-0.3, -0.25) is 9.71 Å². The number of hydrogen-bond donors (Lipinski definition) is 1. The minimum Gasteiger partial charge on any atom is -0.303 e. The van der Waals surface area contributed by atoms with Crippen LogP contribution in [0.2, 0.25) is 5.02 Å². The SMILES string of the molecule is CC1=C(c2cccc(Cl)c2)S(=O)(=O)NC1=NCCCN1CCCCC1. The predicted octanol–water partition coefficient (Wildman–Crippen LogP) is 3.28. The van der Waals surface area contributed by atoms with Gasteiger partial charge in [0.15, 0.2) is 0 Å². The molecule has 25 heavy (non-hydrogen) atoms. The van der Waals surface area contributed by atoms with Crippen LogP contribution in [-0.4, -0.2) is 45.3 Å². The van der Waals surface area contributed by atoms with E-state index in [0.29, 0.717) is 28.5 Å². The van der Waals surface area contributed by atoms with E-state index in [1.807, 2.05) is 0 Å². The van der Waals surface area contributed by atoms with Crippen LogP contribution in [0.5, 0.6) is 0 Å². The average Bonchev–Trinajstić information content (AvgIpc) is 2.81. The lowest BCUT2D eigenvalue weighted by Gasteiger charge is -2.25. The Hall–Kier alpha value is -1.37. The molecule has 0 spiro atoms. The van der Waals surface area contributed by atoms with E-state index >= 15 is 0 Å². The van der Waals surface area contributed by atoms with Crippen molar-refractivity contribution in [1.82, 2.24) is 9.62 Å². The number of nitrogens with zero attached hydrogens (tertiary/aromatic N) is 2. The Bertz CT molecular complexity index is 796. The molecular formula is C18H24ClN3O2S. The second-order valence-electron chi connectivity index (χ2n) is 6.56. The first-order chi connectivity index (χ1) is 12.0. The molecule has 1 aromatic rings. The third kappa shape index (κ3) is 4.43. The van der Waals surface area contributed by atoms with Gasteiger partial charge in [0.05, 0.1) is 0 Å². The smallest absolute Gasteiger partial charge is 0.264 e. The standard InChI is InChI=1S/C18H24ClN3O2S/c1-14-17(15-7-5-8-16(19)13-15)25(23,24)21-18(14)20-9-6-12-22-10-3-2-4-11-22/h5,7-8,13H,2-4,6,9-12H2,1H3,(H,20,21). The third-order valence-electron chi connectivity index (χ3n) is 4.63. The molecule has 0 unspecified atom stereocenters. The van der Waals surface area contributed by atoms with Crippen LogP contribution in [0.1, 0.15) is 38.2 Å². The number of aliphatic imine (C=N–C) groups is 1. The van der Waals surface area contributed by atoms with Gasteiger partial charge in [-0.2, -0.15) is 0 Å². The summed E-state index contributed by atoms with van der Waals surface area (Å²) in [6.45, 7) is 5.77. The highest BCUT2D eigenvalue weighted by Crippen LogP contribution is 2.31. The van der Waals surface area contributed by atoms with Crippen LogP contribution in [0.3, 0.4) is 0 Å². The molecule has 2 aliphatic heterocycles. The first kappa shape index (κ1) is 18.4. The summed E-state index contributed by atoms with van der Waals surface area (Å²) < 4.78 is 27.5. The van der Waals surface area contributed by atoms with Crippen LogP contribution in [0, 0.1) is 0 Å². The number of benzene rings is 1. The maximum Gasteiger partial charge on any atom is 0.264 e. The molecule has 0 atom stereocenters. The van der Waals surface area contributed by atoms with Crippen molar-refractivity contribution in [3.63, 3.8) is 0 Å². The summed E-state index contributed by atoms with van der Waals surface area (Å²) in [5.74, 6) is 0.452. The fraction of sp³-hybridized carbons (Fsp3) is 0.500. The number of nitrogens with one attached hydrogen (secondary N) is 1. The first-order valence-electron chi connectivity index (χ1n) is 8.74. The fourth-order valence-electron chi connectivity index (χ4n) is 3.38. The highest BCUT2D eigenvalue weighted by atomic mass is 35.5. The van der Waals surface area contributed by atoms with Gasteiger partial charge in [0.2, 0.25) is 0 Å². The molecule has 0 aliphatic carbocycles. The Morgan fingerprint density at radius 1 is 1.24 bits per heavy atom. The number of hydrogen-bond acceptors (Lipinski definition) is 4. The molecular weight excluding hydrogens is 358 g/mol. The lowest BCUT2D eigenvalue weighted by atomic mass is 10.1. The topological polar surface area (TPSA) is 61.8 Å². The molecule has 7 heteroatoms. The summed E-state index contributed by atoms with van der Waals surface area (Å²) in [6, 6.07) is 6.90. The zero-order valence-corrected chi connectivity index (χ0v) is 16.0. The van der Waals surface area contributed by atoms with Crippen molar-refractivity contribution in [2.75, 3.05) is 26.2 Å². The Morgan fingerprint density at radius 3 is 2.72 bits per heavy atom. The zero-order valence-electron chi connectivity index (χ0n) is 14.5. The number of halogens is 1. The minimum absolute atomic E-state index is 0.268. The molecule has 5 nitrogen and oxygen atoms in total. The van der Waals surface area contributed by atoms with E-state index in [1.54, 1.807) is 31.2 Å². The van der Waals surface area contributed by atoms with Gasteiger partial charge in [0.25, 0.3) is 10.0 Å². The second kappa shape index (κ2) is 7.89. The molecule has 1 saturated heterocycles. The zero-order chi connectivity index (χ0) is 17.9. The highest BCUT2D eigenvalue weighted by molar-refractivity contribution is 8.00. The maximum absolute atomic E-state index is 12.5. The van der Waals surface area contributed by atoms with Gasteiger partial charge in [-0.15, -0.1) is 0 Å². The van der Waals surface area contributed by atoms with E-state index in [9.17, 15) is 8.42 Å². The quantitative estimate of drug-likeness (QED) is 0.796. The molecule has 1 N–H and O–H groups in total. The summed E-state index contributed by atoms with van der Waals surface area (Å²) in [5.41, 5.74) is 1.25. The summed E-state index contributed by atoms with van der Waals surface area (Å²) in [6.07, 6.45) is 4.82. The Balaban J connectivity index is 1.70. The maximum atomic E-state index is 12.5. The predicted molar refractivity (Wildman–Crippen MR) is 103 cm³/mol. The molecule has 1 aromatic carbocycles. The molecule has 1 fully saturated rings. The van der Waals surface area contributed by atoms with Gasteiger partial charge in [-0.05, 0) is 63.5 Å². The van der Waals surface area contributed by atoms with Gasteiger partial charge in [-0.1, -0.05) is 30.2 Å². The number of likely N-dealkylation sites (tertiary alicyclic amines) is 1. The van der Waals surface area contributed by atoms with Crippen molar-refractivity contribution in [2.45, 2.75) is 32.6 Å². The lowest BCUT2D eigenvalue weighted by molar-refractivity contribution is 0.228. The molecule has 136 valence electrons. The van der Waals surface area contributed by atoms with E-state index in [1.165, 1.54) is 32.4 Å². The van der Waals surface area contributed by atoms with Crippen LogP contribution >= 0.6 is 11.6 Å². The first-order valence-corrected chi connectivity index (χ1v) is 10.6. The largest absolute Gasteiger partial charge is 0.303 e. The summed E-state index contributed by atoms with van der Waals surface area (Å²) in [5, 5.41) is 0.514. The molecule has 0 aromatic heterocycles. The van der Waals surface area contributed by atoms with Crippen LogP contribution in [0.25, 0.3) is 4.91 Å². The Kier molecular flexibility index (Phi) is 5.81. The van der Waals surface area contributed by atoms with Crippen molar-refractivity contribution in [2.24, 2.45) is 4.99 Å². The van der Waals surface area contributed by atoms with Crippen molar-refractivity contribution in [3.05, 3.63) is 40.4 Å². The van der Waals surface area contributed by atoms with E-state index in [-0.39, 0.29) is 4.91 Å². The third-order valence-corrected chi connectivity index (χ3v) is 6.41. The molecule has 0 bridgehead atoms. The van der Waals surface area contributed by atoms with Crippen LogP contribution in [-0.2, 0) is 10.0 Å². The van der Waals surface area contributed by atoms with Gasteiger partial charge >= 0.3 is 0 Å². The van der Waals surface area contributed by atoms with Crippen molar-refractivity contribution >= 4 is 32.4 Å². The van der Waals surface area contributed by atoms with Crippen molar-refractivity contribution in [1.29, 1.82) is 0 Å². The van der Waals surface area contributed by atoms with Crippen LogP contribution < -0.4 is 4.72 Å². The average molecular weight is 382 g/mol. The number of piperidine rings is 1. The molecule has 0 saturated carbocycles. The van der Waals surface area contributed by atoms with Gasteiger partial charge in [0, 0.05) is 17.1 Å². The number of sulfonamides is 1. The van der Waals surface area contributed by atoms with E-state index in [0.717, 1.165) is 13.0 Å². The van der Waals surface area contributed by atoms with Gasteiger partial charge in [0.1, 0.15) is 10.7 Å². The monoisotopic (exact) mass is 381 g/mol. The van der Waals surface area contributed by atoms with E-state index in [4.69, 9.17) is 11.6 Å². The van der Waals surface area contributed by atoms with E-state index < -0.39 is 10.0 Å². The van der Waals surface area contributed by atoms with Crippen molar-refractivity contribution in [3.8, 4) is 0 Å². The summed E-state index contributed by atoms with van der Waals surface area (Å²) in [7, 11) is -3.58. The normalized spacial score (nSPS) is 22.4. The van der Waals surface area contributed by atoms with E-state index in [2.05, 4.69) is 14.6 Å². The second-order valence-corrected chi connectivity index (χ2v) is 8.61. The summed E-state index contributed by atoms with van der Waals surface area (Å²) in [4.78, 5) is 7.22. The summed E-state index contributed by atoms with van der Waals surface area (Å²) >= 11 is 6.00. The molecule has 0 radical (unpaired) electrons. The molecule has 2 aliphatic rings. The number of rotatable bonds is 5. The molecule has 2 heterocycles. The van der Waals surface area contributed by atoms with Crippen LogP contribution in [0.15, 0.2) is 34.8 Å². The Labute approximate surface area is 154 Å². The minimum atomic E-state index is -3.58.